The second-order valence-corrected chi connectivity index (χ2v) is 8.11. The van der Waals surface area contributed by atoms with Crippen LogP contribution in [0.4, 0.5) is 0 Å². The molecule has 0 saturated carbocycles. The van der Waals surface area contributed by atoms with Crippen molar-refractivity contribution in [1.29, 1.82) is 0 Å². The average molecular weight is 412 g/mol. The summed E-state index contributed by atoms with van der Waals surface area (Å²) >= 11 is 0. The van der Waals surface area contributed by atoms with Crippen LogP contribution in [0.5, 0.6) is 11.5 Å². The molecule has 0 aliphatic carbocycles. The van der Waals surface area contributed by atoms with Gasteiger partial charge in [-0.1, -0.05) is 70.0 Å². The first-order chi connectivity index (χ1) is 14.7. The number of unbranched alkanes of at least 4 members (excludes halogenated alkanes) is 1. The van der Waals surface area contributed by atoms with Crippen molar-refractivity contribution in [3.8, 4) is 11.5 Å². The van der Waals surface area contributed by atoms with Gasteiger partial charge in [-0.3, -0.25) is 0 Å². The van der Waals surface area contributed by atoms with Crippen LogP contribution >= 0.6 is 0 Å². The van der Waals surface area contributed by atoms with Crippen LogP contribution in [0.15, 0.2) is 48.5 Å². The third-order valence-electron chi connectivity index (χ3n) is 5.62. The number of hydrogen-bond acceptors (Lipinski definition) is 3. The van der Waals surface area contributed by atoms with Gasteiger partial charge >= 0.3 is 0 Å². The molecule has 0 N–H and O–H groups in total. The van der Waals surface area contributed by atoms with Crippen LogP contribution in [0.25, 0.3) is 0 Å². The molecule has 0 saturated heterocycles. The molecule has 0 aliphatic rings. The third kappa shape index (κ3) is 8.02. The zero-order valence-electron chi connectivity index (χ0n) is 19.5. The van der Waals surface area contributed by atoms with E-state index in [-0.39, 0.29) is 0 Å². The van der Waals surface area contributed by atoms with Crippen LogP contribution in [0.3, 0.4) is 0 Å². The summed E-state index contributed by atoms with van der Waals surface area (Å²) in [5.74, 6) is 1.67. The first-order valence-corrected chi connectivity index (χ1v) is 11.8. The molecular formula is C27H41NO2. The molecule has 0 spiro atoms. The highest BCUT2D eigenvalue weighted by molar-refractivity contribution is 5.43. The van der Waals surface area contributed by atoms with Gasteiger partial charge in [-0.05, 0) is 62.0 Å². The molecule has 0 radical (unpaired) electrons. The molecule has 3 nitrogen and oxygen atoms in total. The minimum Gasteiger partial charge on any atom is -0.493 e. The van der Waals surface area contributed by atoms with Gasteiger partial charge < -0.3 is 14.4 Å². The molecule has 0 unspecified atom stereocenters. The predicted octanol–water partition coefficient (Wildman–Crippen LogP) is 6.54. The van der Waals surface area contributed by atoms with Gasteiger partial charge in [-0.15, -0.1) is 0 Å². The van der Waals surface area contributed by atoms with Gasteiger partial charge in [0.1, 0.15) is 0 Å². The predicted molar refractivity (Wildman–Crippen MR) is 128 cm³/mol. The summed E-state index contributed by atoms with van der Waals surface area (Å²) in [5.41, 5.74) is 2.63. The Balaban J connectivity index is 2.09. The molecule has 2 aromatic rings. The first-order valence-electron chi connectivity index (χ1n) is 11.8. The number of ether oxygens (including phenoxy) is 2. The lowest BCUT2D eigenvalue weighted by atomic mass is 9.98. The lowest BCUT2D eigenvalue weighted by Crippen LogP contribution is -2.38. The third-order valence-corrected chi connectivity index (χ3v) is 5.62. The molecule has 2 rings (SSSR count). The summed E-state index contributed by atoms with van der Waals surface area (Å²) in [5, 5.41) is 0. The molecule has 0 aromatic heterocycles. The normalized spacial score (nSPS) is 12.2. The molecule has 166 valence electrons. The maximum atomic E-state index is 6.15. The summed E-state index contributed by atoms with van der Waals surface area (Å²) in [4.78, 5) is 2.69. The van der Waals surface area contributed by atoms with E-state index in [1.54, 1.807) is 7.11 Å². The van der Waals surface area contributed by atoms with E-state index >= 15 is 0 Å². The Bertz CT molecular complexity index is 695. The van der Waals surface area contributed by atoms with E-state index in [4.69, 9.17) is 9.47 Å². The van der Waals surface area contributed by atoms with Gasteiger partial charge in [-0.25, -0.2) is 0 Å². The second-order valence-electron chi connectivity index (χ2n) is 8.11. The molecule has 0 bridgehead atoms. The molecular weight excluding hydrogens is 370 g/mol. The molecule has 0 aliphatic heterocycles. The van der Waals surface area contributed by atoms with Gasteiger partial charge in [0.25, 0.3) is 0 Å². The second kappa shape index (κ2) is 14.1. The number of benzene rings is 2. The first kappa shape index (κ1) is 24.3. The fourth-order valence-corrected chi connectivity index (χ4v) is 4.06. The van der Waals surface area contributed by atoms with E-state index in [1.807, 2.05) is 6.07 Å². The smallest absolute Gasteiger partial charge is 0.161 e. The van der Waals surface area contributed by atoms with Crippen LogP contribution in [-0.2, 0) is 12.8 Å². The van der Waals surface area contributed by atoms with Gasteiger partial charge in [-0.2, -0.15) is 0 Å². The Morgan fingerprint density at radius 1 is 0.833 bits per heavy atom. The Kier molecular flexibility index (Phi) is 11.4. The van der Waals surface area contributed by atoms with E-state index in [9.17, 15) is 0 Å². The highest BCUT2D eigenvalue weighted by atomic mass is 16.5. The van der Waals surface area contributed by atoms with Crippen molar-refractivity contribution in [1.82, 2.24) is 4.90 Å². The van der Waals surface area contributed by atoms with Crippen molar-refractivity contribution < 1.29 is 9.47 Å². The van der Waals surface area contributed by atoms with E-state index in [0.717, 1.165) is 24.3 Å². The van der Waals surface area contributed by atoms with Crippen LogP contribution in [0.2, 0.25) is 0 Å². The van der Waals surface area contributed by atoms with Crippen molar-refractivity contribution in [2.24, 2.45) is 0 Å². The quantitative estimate of drug-likeness (QED) is 0.332. The Morgan fingerprint density at radius 3 is 2.20 bits per heavy atom. The zero-order chi connectivity index (χ0) is 21.6. The lowest BCUT2D eigenvalue weighted by molar-refractivity contribution is 0.182. The standard InChI is InChI=1S/C27H41NO2/c1-5-8-14-25(28(18-6-2)19-7-3)21-24-15-16-26(29-4)27(22-24)30-20-17-23-12-10-9-11-13-23/h9-13,15-16,22,25H,5-8,14,17-21H2,1-4H3/t25-/m1/s1. The average Bonchev–Trinajstić information content (AvgIpc) is 2.77. The maximum Gasteiger partial charge on any atom is 0.161 e. The molecule has 2 aromatic carbocycles. The molecule has 0 amide bonds. The van der Waals surface area contributed by atoms with Crippen molar-refractivity contribution in [3.63, 3.8) is 0 Å². The summed E-state index contributed by atoms with van der Waals surface area (Å²) in [6, 6.07) is 17.5. The summed E-state index contributed by atoms with van der Waals surface area (Å²) < 4.78 is 11.7. The van der Waals surface area contributed by atoms with E-state index in [2.05, 4.69) is 68.1 Å². The summed E-state index contributed by atoms with van der Waals surface area (Å²) in [6.07, 6.45) is 8.17. The topological polar surface area (TPSA) is 21.7 Å². The van der Waals surface area contributed by atoms with Gasteiger partial charge in [0.15, 0.2) is 11.5 Å². The van der Waals surface area contributed by atoms with Crippen molar-refractivity contribution in [2.75, 3.05) is 26.8 Å². The number of rotatable bonds is 15. The van der Waals surface area contributed by atoms with Gasteiger partial charge in [0, 0.05) is 12.5 Å². The Morgan fingerprint density at radius 2 is 1.57 bits per heavy atom. The van der Waals surface area contributed by atoms with Gasteiger partial charge in [0.05, 0.1) is 13.7 Å². The fraction of sp³-hybridized carbons (Fsp3) is 0.556. The maximum absolute atomic E-state index is 6.15. The SMILES string of the molecule is CCCC[C@H](Cc1ccc(OC)c(OCCc2ccccc2)c1)N(CCC)CCC. The number of hydrogen-bond donors (Lipinski definition) is 0. The van der Waals surface area contributed by atoms with Crippen molar-refractivity contribution >= 4 is 0 Å². The van der Waals surface area contributed by atoms with Crippen molar-refractivity contribution in [3.05, 3.63) is 59.7 Å². The lowest BCUT2D eigenvalue weighted by Gasteiger charge is -2.32. The minimum absolute atomic E-state index is 0.593. The highest BCUT2D eigenvalue weighted by Gasteiger charge is 2.18. The van der Waals surface area contributed by atoms with Crippen LogP contribution in [-0.4, -0.2) is 37.7 Å². The minimum atomic E-state index is 0.593. The molecule has 0 fully saturated rings. The largest absolute Gasteiger partial charge is 0.493 e. The zero-order valence-corrected chi connectivity index (χ0v) is 19.5. The van der Waals surface area contributed by atoms with E-state index < -0.39 is 0 Å². The molecule has 0 heterocycles. The highest BCUT2D eigenvalue weighted by Crippen LogP contribution is 2.29. The monoisotopic (exact) mass is 411 g/mol. The van der Waals surface area contributed by atoms with Crippen LogP contribution in [0, 0.1) is 0 Å². The van der Waals surface area contributed by atoms with Crippen molar-refractivity contribution in [2.45, 2.75) is 71.8 Å². The number of methoxy groups -OCH3 is 1. The summed E-state index contributed by atoms with van der Waals surface area (Å²) in [7, 11) is 1.72. The van der Waals surface area contributed by atoms with E-state index in [0.29, 0.717) is 12.6 Å². The molecule has 3 heteroatoms. The Hall–Kier alpha value is -2.00. The van der Waals surface area contributed by atoms with Crippen LogP contribution in [0.1, 0.15) is 64.0 Å². The fourth-order valence-electron chi connectivity index (χ4n) is 4.06. The summed E-state index contributed by atoms with van der Waals surface area (Å²) in [6.45, 7) is 9.86. The van der Waals surface area contributed by atoms with Crippen LogP contribution < -0.4 is 9.47 Å². The van der Waals surface area contributed by atoms with E-state index in [1.165, 1.54) is 56.3 Å². The number of nitrogens with zero attached hydrogens (tertiary/aromatic N) is 1. The van der Waals surface area contributed by atoms with Gasteiger partial charge in [0.2, 0.25) is 0 Å². The molecule has 1 atom stereocenters. The Labute approximate surface area is 184 Å². The molecule has 30 heavy (non-hydrogen) atoms.